The van der Waals surface area contributed by atoms with Gasteiger partial charge in [0.1, 0.15) is 5.52 Å². The van der Waals surface area contributed by atoms with Crippen molar-refractivity contribution >= 4 is 35.0 Å². The lowest BCUT2D eigenvalue weighted by Gasteiger charge is -2.07. The molecule has 2 aromatic heterocycles. The molecule has 0 aliphatic heterocycles. The fourth-order valence-corrected chi connectivity index (χ4v) is 2.87. The lowest BCUT2D eigenvalue weighted by atomic mass is 10.2. The van der Waals surface area contributed by atoms with Gasteiger partial charge in [-0.1, -0.05) is 29.8 Å². The average molecular weight is 307 g/mol. The van der Waals surface area contributed by atoms with Crippen LogP contribution in [0.3, 0.4) is 0 Å². The topological polar surface area (TPSA) is 38.5 Å². The Hall–Kier alpha value is -1.59. The number of aryl methyl sites for hydroxylation is 2. The number of H-pyrrole nitrogens is 1. The fraction of sp³-hybridized carbons (Fsp3) is 0.286. The molecule has 20 heavy (non-hydrogen) atoms. The van der Waals surface area contributed by atoms with Crippen LogP contribution in [0.1, 0.15) is 18.2 Å². The largest absolute Gasteiger partial charge is 0.328 e. The zero-order valence-electron chi connectivity index (χ0n) is 11.4. The molecule has 3 aromatic rings. The summed E-state index contributed by atoms with van der Waals surface area (Å²) in [6, 6.07) is 7.82. The number of nitrogens with zero attached hydrogens (tertiary/aromatic N) is 3. The normalized spacial score (nSPS) is 11.3. The van der Waals surface area contributed by atoms with Crippen molar-refractivity contribution in [2.75, 3.05) is 0 Å². The molecule has 0 unspecified atom stereocenters. The highest BCUT2D eigenvalue weighted by atomic mass is 35.5. The van der Waals surface area contributed by atoms with Gasteiger partial charge in [0.15, 0.2) is 10.4 Å². The Bertz CT molecular complexity index is 827. The predicted molar refractivity (Wildman–Crippen MR) is 83.9 cm³/mol. The Balaban J connectivity index is 2.19. The number of hydrogen-bond donors (Lipinski definition) is 1. The summed E-state index contributed by atoms with van der Waals surface area (Å²) in [5.41, 5.74) is 4.04. The van der Waals surface area contributed by atoms with Gasteiger partial charge in [-0.3, -0.25) is 4.57 Å². The Morgan fingerprint density at radius 1 is 1.35 bits per heavy atom. The van der Waals surface area contributed by atoms with Crippen molar-refractivity contribution in [2.24, 2.45) is 0 Å². The Kier molecular flexibility index (Phi) is 3.40. The van der Waals surface area contributed by atoms with Gasteiger partial charge in [-0.05, 0) is 37.7 Å². The van der Waals surface area contributed by atoms with E-state index in [1.54, 1.807) is 0 Å². The van der Waals surface area contributed by atoms with Crippen LogP contribution in [0, 0.1) is 11.7 Å². The van der Waals surface area contributed by atoms with Gasteiger partial charge >= 0.3 is 0 Å². The molecular weight excluding hydrogens is 292 g/mol. The Morgan fingerprint density at radius 3 is 2.80 bits per heavy atom. The van der Waals surface area contributed by atoms with Crippen molar-refractivity contribution < 1.29 is 0 Å². The Labute approximate surface area is 127 Å². The first-order valence-electron chi connectivity index (χ1n) is 6.51. The number of benzene rings is 1. The van der Waals surface area contributed by atoms with Gasteiger partial charge in [0.25, 0.3) is 0 Å². The van der Waals surface area contributed by atoms with E-state index in [-0.39, 0.29) is 0 Å². The molecule has 0 fully saturated rings. The minimum absolute atomic E-state index is 0.643. The number of fused-ring (bicyclic) bond motifs is 1. The molecule has 1 aromatic carbocycles. The summed E-state index contributed by atoms with van der Waals surface area (Å²) in [6.07, 6.45) is 0. The van der Waals surface area contributed by atoms with Crippen LogP contribution < -0.4 is 0 Å². The van der Waals surface area contributed by atoms with Crippen LogP contribution in [0.4, 0.5) is 0 Å². The van der Waals surface area contributed by atoms with Crippen molar-refractivity contribution in [1.29, 1.82) is 0 Å². The van der Waals surface area contributed by atoms with Crippen LogP contribution in [0.25, 0.3) is 11.2 Å². The van der Waals surface area contributed by atoms with Crippen LogP contribution >= 0.6 is 23.8 Å². The highest BCUT2D eigenvalue weighted by molar-refractivity contribution is 7.71. The molecule has 0 atom stereocenters. The summed E-state index contributed by atoms with van der Waals surface area (Å²) in [6.45, 7) is 5.50. The van der Waals surface area contributed by atoms with E-state index >= 15 is 0 Å². The van der Waals surface area contributed by atoms with Gasteiger partial charge in [-0.25, -0.2) is 4.68 Å². The van der Waals surface area contributed by atoms with E-state index in [0.29, 0.717) is 11.3 Å². The monoisotopic (exact) mass is 306 g/mol. The van der Waals surface area contributed by atoms with Crippen molar-refractivity contribution in [3.05, 3.63) is 45.3 Å². The molecule has 0 radical (unpaired) electrons. The number of imidazole rings is 1. The number of aromatic nitrogens is 4. The first-order valence-corrected chi connectivity index (χ1v) is 7.29. The van der Waals surface area contributed by atoms with E-state index in [1.807, 2.05) is 35.9 Å². The SMILES string of the molecule is CCn1nc(C)c2[nH]c(=S)n(Cc3ccccc3Cl)c21. The van der Waals surface area contributed by atoms with Crippen LogP contribution in [-0.4, -0.2) is 19.3 Å². The number of nitrogens with one attached hydrogen (secondary N) is 1. The third-order valence-corrected chi connectivity index (χ3v) is 4.11. The highest BCUT2D eigenvalue weighted by Gasteiger charge is 2.14. The van der Waals surface area contributed by atoms with Gasteiger partial charge in [-0.15, -0.1) is 0 Å². The molecule has 0 saturated carbocycles. The van der Waals surface area contributed by atoms with E-state index < -0.39 is 0 Å². The van der Waals surface area contributed by atoms with Crippen LogP contribution in [0.15, 0.2) is 24.3 Å². The van der Waals surface area contributed by atoms with E-state index in [1.165, 1.54) is 0 Å². The maximum absolute atomic E-state index is 6.24. The van der Waals surface area contributed by atoms with Gasteiger partial charge in [0.2, 0.25) is 0 Å². The number of aromatic amines is 1. The fourth-order valence-electron chi connectivity index (χ4n) is 2.42. The molecule has 0 bridgehead atoms. The first-order chi connectivity index (χ1) is 9.61. The summed E-state index contributed by atoms with van der Waals surface area (Å²) in [4.78, 5) is 3.24. The molecule has 104 valence electrons. The lowest BCUT2D eigenvalue weighted by molar-refractivity contribution is 0.643. The number of hydrogen-bond acceptors (Lipinski definition) is 2. The van der Waals surface area contributed by atoms with Crippen LogP contribution in [0.2, 0.25) is 5.02 Å². The van der Waals surface area contributed by atoms with Crippen molar-refractivity contribution in [1.82, 2.24) is 19.3 Å². The van der Waals surface area contributed by atoms with E-state index in [4.69, 9.17) is 23.8 Å². The molecule has 2 heterocycles. The van der Waals surface area contributed by atoms with Crippen molar-refractivity contribution in [3.8, 4) is 0 Å². The van der Waals surface area contributed by atoms with E-state index in [9.17, 15) is 0 Å². The first kappa shape index (κ1) is 13.4. The standard InChI is InChI=1S/C14H15ClN4S/c1-3-19-13-12(9(2)17-19)16-14(20)18(13)8-10-6-4-5-7-11(10)15/h4-7H,3,8H2,1-2H3,(H,16,20). The minimum Gasteiger partial charge on any atom is -0.328 e. The zero-order valence-corrected chi connectivity index (χ0v) is 12.9. The van der Waals surface area contributed by atoms with Crippen molar-refractivity contribution in [2.45, 2.75) is 26.9 Å². The molecule has 0 spiro atoms. The number of halogens is 1. The van der Waals surface area contributed by atoms with Crippen molar-refractivity contribution in [3.63, 3.8) is 0 Å². The zero-order chi connectivity index (χ0) is 14.3. The predicted octanol–water partition coefficient (Wildman–Crippen LogP) is 3.93. The van der Waals surface area contributed by atoms with Gasteiger partial charge in [0, 0.05) is 11.6 Å². The number of rotatable bonds is 3. The summed E-state index contributed by atoms with van der Waals surface area (Å²) in [5.74, 6) is 0. The molecular formula is C14H15ClN4S. The van der Waals surface area contributed by atoms with E-state index in [2.05, 4.69) is 21.6 Å². The maximum Gasteiger partial charge on any atom is 0.179 e. The molecule has 0 saturated heterocycles. The van der Waals surface area contributed by atoms with Crippen LogP contribution in [-0.2, 0) is 13.1 Å². The quantitative estimate of drug-likeness (QED) is 0.745. The molecule has 0 aliphatic rings. The summed E-state index contributed by atoms with van der Waals surface area (Å²) in [7, 11) is 0. The minimum atomic E-state index is 0.643. The average Bonchev–Trinajstić information content (AvgIpc) is 2.91. The summed E-state index contributed by atoms with van der Waals surface area (Å²) >= 11 is 11.7. The molecule has 0 amide bonds. The van der Waals surface area contributed by atoms with Gasteiger partial charge < -0.3 is 4.98 Å². The lowest BCUT2D eigenvalue weighted by Crippen LogP contribution is -2.06. The maximum atomic E-state index is 6.24. The molecule has 1 N–H and O–H groups in total. The molecule has 0 aliphatic carbocycles. The smallest absolute Gasteiger partial charge is 0.179 e. The molecule has 6 heteroatoms. The third kappa shape index (κ3) is 2.07. The van der Waals surface area contributed by atoms with E-state index in [0.717, 1.165) is 34.0 Å². The molecule has 3 rings (SSSR count). The Morgan fingerprint density at radius 2 is 2.10 bits per heavy atom. The van der Waals surface area contributed by atoms with Crippen LogP contribution in [0.5, 0.6) is 0 Å². The second-order valence-corrected chi connectivity index (χ2v) is 5.50. The van der Waals surface area contributed by atoms with Gasteiger partial charge in [0.05, 0.1) is 12.2 Å². The van der Waals surface area contributed by atoms with Gasteiger partial charge in [-0.2, -0.15) is 5.10 Å². The second kappa shape index (κ2) is 5.07. The second-order valence-electron chi connectivity index (χ2n) is 4.71. The molecule has 4 nitrogen and oxygen atoms in total. The summed E-state index contributed by atoms with van der Waals surface area (Å²) < 4.78 is 4.71. The third-order valence-electron chi connectivity index (χ3n) is 3.42. The summed E-state index contributed by atoms with van der Waals surface area (Å²) in [5, 5.41) is 5.27. The highest BCUT2D eigenvalue weighted by Crippen LogP contribution is 2.22.